The second kappa shape index (κ2) is 11.0. The highest BCUT2D eigenvalue weighted by atomic mass is 35.5. The highest BCUT2D eigenvalue weighted by molar-refractivity contribution is 6.35. The second-order valence-electron chi connectivity index (χ2n) is 10.9. The number of aromatic amines is 1. The SMILES string of the molecule is O=C(CC1Cc2cc(Cl)c3[nH]ncc3c2CN(CC(F)(F)F)C1=O)N1CCC(n2ccn(-c3ccccc3)c2=O)CC1. The van der Waals surface area contributed by atoms with E-state index in [-0.39, 0.29) is 37.0 Å². The third-order valence-corrected chi connectivity index (χ3v) is 8.51. The fourth-order valence-electron chi connectivity index (χ4n) is 6.13. The molecule has 13 heteroatoms. The number of amides is 2. The monoisotopic (exact) mass is 600 g/mol. The summed E-state index contributed by atoms with van der Waals surface area (Å²) in [7, 11) is 0. The highest BCUT2D eigenvalue weighted by Crippen LogP contribution is 2.35. The maximum Gasteiger partial charge on any atom is 0.406 e. The molecule has 1 fully saturated rings. The van der Waals surface area contributed by atoms with Crippen molar-refractivity contribution in [2.45, 2.75) is 44.4 Å². The van der Waals surface area contributed by atoms with Crippen molar-refractivity contribution >= 4 is 34.3 Å². The minimum Gasteiger partial charge on any atom is -0.343 e. The molecule has 9 nitrogen and oxygen atoms in total. The number of hydrogen-bond donors (Lipinski definition) is 1. The summed E-state index contributed by atoms with van der Waals surface area (Å²) in [5.41, 5.74) is 2.27. The average Bonchev–Trinajstić information content (AvgIpc) is 3.58. The van der Waals surface area contributed by atoms with Crippen molar-refractivity contribution in [3.63, 3.8) is 0 Å². The van der Waals surface area contributed by atoms with E-state index in [1.54, 1.807) is 32.5 Å². The Morgan fingerprint density at radius 3 is 2.55 bits per heavy atom. The molecule has 0 aliphatic carbocycles. The average molecular weight is 601 g/mol. The number of benzene rings is 2. The minimum absolute atomic E-state index is 0.0912. The Morgan fingerprint density at radius 1 is 1.10 bits per heavy atom. The van der Waals surface area contributed by atoms with Crippen molar-refractivity contribution in [3.8, 4) is 5.69 Å². The van der Waals surface area contributed by atoms with Crippen molar-refractivity contribution in [1.82, 2.24) is 29.1 Å². The number of H-pyrrole nitrogens is 1. The molecule has 42 heavy (non-hydrogen) atoms. The number of piperidine rings is 1. The number of rotatable bonds is 5. The van der Waals surface area contributed by atoms with Gasteiger partial charge in [0.15, 0.2) is 0 Å². The molecular weight excluding hydrogens is 573 g/mol. The zero-order chi connectivity index (χ0) is 29.6. The van der Waals surface area contributed by atoms with Crippen molar-refractivity contribution in [2.75, 3.05) is 19.6 Å². The van der Waals surface area contributed by atoms with Crippen LogP contribution in [0.1, 0.15) is 36.4 Å². The van der Waals surface area contributed by atoms with Crippen LogP contribution in [0.3, 0.4) is 0 Å². The number of nitrogens with one attached hydrogen (secondary N) is 1. The van der Waals surface area contributed by atoms with Gasteiger partial charge in [0.1, 0.15) is 6.54 Å². The smallest absolute Gasteiger partial charge is 0.343 e. The van der Waals surface area contributed by atoms with E-state index in [4.69, 9.17) is 11.6 Å². The lowest BCUT2D eigenvalue weighted by atomic mass is 9.92. The predicted octanol–water partition coefficient (Wildman–Crippen LogP) is 4.49. The normalized spacial score (nSPS) is 18.4. The van der Waals surface area contributed by atoms with Crippen molar-refractivity contribution < 1.29 is 22.8 Å². The molecule has 1 atom stereocenters. The van der Waals surface area contributed by atoms with Gasteiger partial charge in [-0.2, -0.15) is 18.3 Å². The van der Waals surface area contributed by atoms with Gasteiger partial charge in [0.2, 0.25) is 11.8 Å². The molecule has 220 valence electrons. The Bertz CT molecular complexity index is 1690. The summed E-state index contributed by atoms with van der Waals surface area (Å²) in [6.45, 7) is -0.926. The third kappa shape index (κ3) is 5.42. The molecule has 1 N–H and O–H groups in total. The Labute approximate surface area is 243 Å². The molecule has 2 amide bonds. The van der Waals surface area contributed by atoms with Gasteiger partial charge in [0.25, 0.3) is 0 Å². The number of hydrogen-bond acceptors (Lipinski definition) is 4. The molecule has 2 aromatic heterocycles. The number of carbonyl (C=O) groups is 2. The van der Waals surface area contributed by atoms with Crippen molar-refractivity contribution in [2.24, 2.45) is 5.92 Å². The first-order valence-corrected chi connectivity index (χ1v) is 14.1. The first-order valence-electron chi connectivity index (χ1n) is 13.7. The first-order chi connectivity index (χ1) is 20.1. The fraction of sp³-hybridized carbons (Fsp3) is 0.379. The first kappa shape index (κ1) is 28.1. The molecule has 4 aromatic rings. The minimum atomic E-state index is -4.60. The van der Waals surface area contributed by atoms with Gasteiger partial charge >= 0.3 is 11.9 Å². The number of para-hydroxylation sites is 1. The fourth-order valence-corrected chi connectivity index (χ4v) is 6.40. The number of imidazole rings is 1. The number of fused-ring (bicyclic) bond motifs is 3. The van der Waals surface area contributed by atoms with E-state index < -0.39 is 24.5 Å². The van der Waals surface area contributed by atoms with Gasteiger partial charge in [0.05, 0.1) is 28.3 Å². The summed E-state index contributed by atoms with van der Waals surface area (Å²) >= 11 is 6.40. The number of alkyl halides is 3. The number of nitrogens with zero attached hydrogens (tertiary/aromatic N) is 5. The molecular formula is C29H28ClF3N6O3. The zero-order valence-electron chi connectivity index (χ0n) is 22.5. The Hall–Kier alpha value is -4.06. The molecule has 2 aliphatic heterocycles. The van der Waals surface area contributed by atoms with Gasteiger partial charge in [-0.3, -0.25) is 23.8 Å². The highest BCUT2D eigenvalue weighted by Gasteiger charge is 2.39. The van der Waals surface area contributed by atoms with Gasteiger partial charge in [-0.05, 0) is 48.6 Å². The van der Waals surface area contributed by atoms with Gasteiger partial charge < -0.3 is 9.80 Å². The molecule has 1 saturated heterocycles. The van der Waals surface area contributed by atoms with E-state index >= 15 is 0 Å². The quantitative estimate of drug-likeness (QED) is 0.365. The predicted molar refractivity (Wildman–Crippen MR) is 149 cm³/mol. The van der Waals surface area contributed by atoms with E-state index in [0.717, 1.165) is 10.6 Å². The summed E-state index contributed by atoms with van der Waals surface area (Å²) in [5.74, 6) is -1.98. The standard InChI is InChI=1S/C29H28ClF3N6O3/c30-24-13-18-12-19(27(41)37(17-29(31,32)33)16-23(18)22-15-34-35-26(22)24)14-25(40)36-8-6-21(7-9-36)39-11-10-38(28(39)42)20-4-2-1-3-5-20/h1-5,10-11,13,15,19,21H,6-9,12,14,16-17H2,(H,34,35). The van der Waals surface area contributed by atoms with E-state index in [9.17, 15) is 27.6 Å². The molecule has 0 saturated carbocycles. The van der Waals surface area contributed by atoms with Crippen molar-refractivity contribution in [1.29, 1.82) is 0 Å². The molecule has 0 spiro atoms. The van der Waals surface area contributed by atoms with E-state index in [2.05, 4.69) is 10.2 Å². The van der Waals surface area contributed by atoms with Gasteiger partial charge in [0, 0.05) is 49.9 Å². The lowest BCUT2D eigenvalue weighted by molar-refractivity contribution is -0.165. The summed E-state index contributed by atoms with van der Waals surface area (Å²) in [6, 6.07) is 10.8. The Morgan fingerprint density at radius 2 is 1.83 bits per heavy atom. The van der Waals surface area contributed by atoms with Gasteiger partial charge in [-0.25, -0.2) is 4.79 Å². The van der Waals surface area contributed by atoms with Crippen LogP contribution in [-0.2, 0) is 22.6 Å². The van der Waals surface area contributed by atoms with E-state index in [1.165, 1.54) is 6.20 Å². The van der Waals surface area contributed by atoms with Crippen LogP contribution in [0.2, 0.25) is 5.02 Å². The van der Waals surface area contributed by atoms with Crippen LogP contribution in [0.25, 0.3) is 16.6 Å². The topological polar surface area (TPSA) is 96.2 Å². The van der Waals surface area contributed by atoms with Crippen LogP contribution in [-0.4, -0.2) is 66.8 Å². The lowest BCUT2D eigenvalue weighted by Crippen LogP contribution is -2.44. The zero-order valence-corrected chi connectivity index (χ0v) is 23.2. The number of aromatic nitrogens is 4. The molecule has 4 heterocycles. The Balaban J connectivity index is 1.17. The van der Waals surface area contributed by atoms with E-state index in [1.807, 2.05) is 30.3 Å². The van der Waals surface area contributed by atoms with Crippen LogP contribution in [0.15, 0.2) is 59.8 Å². The number of likely N-dealkylation sites (tertiary alicyclic amines) is 1. The van der Waals surface area contributed by atoms with Crippen LogP contribution in [0.4, 0.5) is 13.2 Å². The molecule has 6 rings (SSSR count). The summed E-state index contributed by atoms with van der Waals surface area (Å²) < 4.78 is 43.7. The maximum atomic E-state index is 13.5. The second-order valence-corrected chi connectivity index (χ2v) is 11.3. The largest absolute Gasteiger partial charge is 0.406 e. The molecule has 0 radical (unpaired) electrons. The van der Waals surface area contributed by atoms with Gasteiger partial charge in [-0.1, -0.05) is 29.8 Å². The summed E-state index contributed by atoms with van der Waals surface area (Å²) in [5, 5.41) is 7.64. The Kier molecular flexibility index (Phi) is 7.34. The third-order valence-electron chi connectivity index (χ3n) is 8.21. The number of carbonyl (C=O) groups excluding carboxylic acids is 2. The van der Waals surface area contributed by atoms with E-state index in [0.29, 0.717) is 53.0 Å². The summed E-state index contributed by atoms with van der Waals surface area (Å²) in [6.07, 6.45) is 1.32. The maximum absolute atomic E-state index is 13.5. The molecule has 2 aromatic carbocycles. The molecule has 1 unspecified atom stereocenters. The van der Waals surface area contributed by atoms with Crippen molar-refractivity contribution in [3.05, 3.63) is 81.6 Å². The van der Waals surface area contributed by atoms with Crippen LogP contribution in [0.5, 0.6) is 0 Å². The molecule has 2 aliphatic rings. The van der Waals surface area contributed by atoms with Crippen LogP contribution in [0, 0.1) is 5.92 Å². The van der Waals surface area contributed by atoms with Crippen LogP contribution < -0.4 is 5.69 Å². The lowest BCUT2D eigenvalue weighted by Gasteiger charge is -2.33. The summed E-state index contributed by atoms with van der Waals surface area (Å²) in [4.78, 5) is 42.3. The molecule has 0 bridgehead atoms. The van der Waals surface area contributed by atoms with Crippen LogP contribution >= 0.6 is 11.6 Å². The number of halogens is 4. The van der Waals surface area contributed by atoms with Gasteiger partial charge in [-0.15, -0.1) is 0 Å².